The number of nitrogens with two attached hydrogens (primary N) is 4. The smallest absolute Gasteiger partial charge is 0.336 e. The van der Waals surface area contributed by atoms with Gasteiger partial charge in [0.05, 0.1) is 6.54 Å². The number of nitrogens with zero attached hydrogens (tertiary/aromatic N) is 1. The number of carboxylic acid groups (broad SMARTS) is 1. The van der Waals surface area contributed by atoms with Crippen LogP contribution in [0.3, 0.4) is 0 Å². The number of nitrogens with one attached hydrogen (secondary N) is 1. The van der Waals surface area contributed by atoms with Crippen molar-refractivity contribution in [2.75, 3.05) is 18.8 Å². The lowest BCUT2D eigenvalue weighted by molar-refractivity contribution is -0.141. The number of anilines is 1. The molecule has 2 aromatic rings. The minimum absolute atomic E-state index is 0.0436. The number of carbonyl (C=O) groups excluding carboxylic acids is 1. The molecule has 1 aromatic heterocycles. The summed E-state index contributed by atoms with van der Waals surface area (Å²) in [7, 11) is 0. The second-order valence-electron chi connectivity index (χ2n) is 6.12. The predicted molar refractivity (Wildman–Crippen MR) is 110 cm³/mol. The fourth-order valence-corrected chi connectivity index (χ4v) is 2.36. The number of carboxylic acids is 1. The van der Waals surface area contributed by atoms with Crippen LogP contribution in [0.25, 0.3) is 11.0 Å². The molecule has 0 spiro atoms. The first-order valence-electron chi connectivity index (χ1n) is 8.71. The van der Waals surface area contributed by atoms with Crippen molar-refractivity contribution in [3.63, 3.8) is 0 Å². The number of amides is 1. The maximum Gasteiger partial charge on any atom is 0.336 e. The Labute approximate surface area is 166 Å². The molecule has 2 rings (SSSR count). The quantitative estimate of drug-likeness (QED) is 0.112. The molecule has 0 bridgehead atoms. The molecule has 158 valence electrons. The van der Waals surface area contributed by atoms with E-state index in [1.165, 1.54) is 6.07 Å². The number of aliphatic carboxylic acids is 1. The van der Waals surface area contributed by atoms with E-state index < -0.39 is 17.9 Å². The van der Waals surface area contributed by atoms with Gasteiger partial charge in [0.15, 0.2) is 5.96 Å². The molecule has 10 N–H and O–H groups in total. The lowest BCUT2D eigenvalue weighted by Crippen LogP contribution is -2.43. The third-order valence-corrected chi connectivity index (χ3v) is 3.74. The van der Waals surface area contributed by atoms with Crippen molar-refractivity contribution in [2.24, 2.45) is 22.2 Å². The molecule has 11 nitrogen and oxygen atoms in total. The van der Waals surface area contributed by atoms with Crippen LogP contribution >= 0.6 is 0 Å². The number of carbonyl (C=O) groups is 2. The van der Waals surface area contributed by atoms with Crippen LogP contribution in [0.5, 0.6) is 0 Å². The molecular formula is C18H26N6O5. The summed E-state index contributed by atoms with van der Waals surface area (Å²) in [5, 5.41) is 12.0. The summed E-state index contributed by atoms with van der Waals surface area (Å²) in [6, 6.07) is 5.81. The summed E-state index contributed by atoms with van der Waals surface area (Å²) in [5.41, 5.74) is 22.5. The second kappa shape index (κ2) is 11.3. The zero-order valence-electron chi connectivity index (χ0n) is 16.1. The lowest BCUT2D eigenvalue weighted by Gasteiger charge is -2.12. The van der Waals surface area contributed by atoms with Crippen LogP contribution < -0.4 is 33.9 Å². The minimum atomic E-state index is -1.11. The number of hydrogen-bond acceptors (Lipinski definition) is 7. The van der Waals surface area contributed by atoms with Crippen LogP contribution in [0, 0.1) is 6.92 Å². The zero-order valence-corrected chi connectivity index (χ0v) is 16.1. The van der Waals surface area contributed by atoms with Gasteiger partial charge in [-0.1, -0.05) is 0 Å². The van der Waals surface area contributed by atoms with Gasteiger partial charge in [-0.15, -0.1) is 0 Å². The van der Waals surface area contributed by atoms with E-state index in [0.717, 1.165) is 10.9 Å². The molecule has 0 aliphatic carbocycles. The molecule has 1 atom stereocenters. The van der Waals surface area contributed by atoms with Crippen LogP contribution in [-0.4, -0.2) is 42.1 Å². The third kappa shape index (κ3) is 8.30. The van der Waals surface area contributed by atoms with Gasteiger partial charge < -0.3 is 37.8 Å². The Morgan fingerprint density at radius 1 is 1.28 bits per heavy atom. The van der Waals surface area contributed by atoms with E-state index in [2.05, 4.69) is 10.3 Å². The van der Waals surface area contributed by atoms with Crippen molar-refractivity contribution in [3.8, 4) is 0 Å². The van der Waals surface area contributed by atoms with E-state index in [1.807, 2.05) is 13.0 Å². The number of fused-ring (bicyclic) bond motifs is 1. The van der Waals surface area contributed by atoms with Crippen molar-refractivity contribution in [1.82, 2.24) is 5.32 Å². The molecule has 0 saturated heterocycles. The molecule has 0 radical (unpaired) electrons. The molecule has 0 fully saturated rings. The molecule has 1 unspecified atom stereocenters. The highest BCUT2D eigenvalue weighted by molar-refractivity contribution is 5.84. The predicted octanol–water partition coefficient (Wildman–Crippen LogP) is -0.748. The van der Waals surface area contributed by atoms with E-state index in [4.69, 9.17) is 32.5 Å². The maximum absolute atomic E-state index is 11.0. The fourth-order valence-electron chi connectivity index (χ4n) is 2.36. The highest BCUT2D eigenvalue weighted by Crippen LogP contribution is 2.18. The van der Waals surface area contributed by atoms with Crippen molar-refractivity contribution < 1.29 is 19.1 Å². The Bertz CT molecular complexity index is 936. The standard InChI is InChI=1S/C10H9NO2.C8H17N5O3/c1-6-4-10(12)13-9-5-7(11)2-3-8(6)9;9-4-6(14)13-5(7(15)16)2-1-3-12-8(10)11/h2-5H,11H2,1H3;5H,1-4,9H2,(H,13,14)(H,15,16)(H4,10,11,12). The molecule has 11 heteroatoms. The average molecular weight is 406 g/mol. The Kier molecular flexibility index (Phi) is 9.13. The Balaban J connectivity index is 0.000000294. The van der Waals surface area contributed by atoms with E-state index in [0.29, 0.717) is 24.2 Å². The topological polar surface area (TPSA) is 213 Å². The summed E-state index contributed by atoms with van der Waals surface area (Å²) < 4.78 is 4.99. The summed E-state index contributed by atoms with van der Waals surface area (Å²) in [6.07, 6.45) is 0.706. The van der Waals surface area contributed by atoms with Crippen LogP contribution in [0.1, 0.15) is 18.4 Å². The first-order chi connectivity index (χ1) is 13.6. The SMILES string of the molecule is Cc1cc(=O)oc2cc(N)ccc12.NCC(=O)NC(CCCN=C(N)N)C(=O)O. The van der Waals surface area contributed by atoms with Crippen LogP contribution in [0.4, 0.5) is 5.69 Å². The first kappa shape index (κ1) is 23.4. The Hall–Kier alpha value is -3.60. The summed E-state index contributed by atoms with van der Waals surface area (Å²) in [6.45, 7) is 1.96. The van der Waals surface area contributed by atoms with Crippen molar-refractivity contribution in [3.05, 3.63) is 40.2 Å². The third-order valence-electron chi connectivity index (χ3n) is 3.74. The number of rotatable bonds is 7. The highest BCUT2D eigenvalue weighted by atomic mass is 16.4. The number of hydrogen-bond donors (Lipinski definition) is 6. The zero-order chi connectivity index (χ0) is 22.0. The Morgan fingerprint density at radius 3 is 2.55 bits per heavy atom. The summed E-state index contributed by atoms with van der Waals surface area (Å²) >= 11 is 0. The van der Waals surface area contributed by atoms with Crippen LogP contribution in [0.15, 0.2) is 38.5 Å². The molecule has 0 saturated carbocycles. The first-order valence-corrected chi connectivity index (χ1v) is 8.71. The molecule has 29 heavy (non-hydrogen) atoms. The van der Waals surface area contributed by atoms with Gasteiger partial charge in [-0.2, -0.15) is 0 Å². The van der Waals surface area contributed by atoms with Gasteiger partial charge in [-0.05, 0) is 37.5 Å². The lowest BCUT2D eigenvalue weighted by atomic mass is 10.1. The number of guanidine groups is 1. The molecule has 0 aliphatic heterocycles. The van der Waals surface area contributed by atoms with E-state index in [1.54, 1.807) is 12.1 Å². The van der Waals surface area contributed by atoms with Crippen molar-refractivity contribution >= 4 is 34.5 Å². The molecule has 0 aliphatic rings. The highest BCUT2D eigenvalue weighted by Gasteiger charge is 2.18. The Morgan fingerprint density at radius 2 is 1.97 bits per heavy atom. The summed E-state index contributed by atoms with van der Waals surface area (Å²) in [5.74, 6) is -1.65. The minimum Gasteiger partial charge on any atom is -0.480 e. The van der Waals surface area contributed by atoms with Crippen LogP contribution in [0.2, 0.25) is 0 Å². The van der Waals surface area contributed by atoms with Gasteiger partial charge in [-0.25, -0.2) is 9.59 Å². The molecular weight excluding hydrogens is 380 g/mol. The van der Waals surface area contributed by atoms with E-state index in [-0.39, 0.29) is 24.6 Å². The largest absolute Gasteiger partial charge is 0.480 e. The fraction of sp³-hybridized carbons (Fsp3) is 0.333. The van der Waals surface area contributed by atoms with E-state index >= 15 is 0 Å². The normalized spacial score (nSPS) is 11.1. The van der Waals surface area contributed by atoms with Crippen molar-refractivity contribution in [2.45, 2.75) is 25.8 Å². The van der Waals surface area contributed by atoms with Crippen molar-refractivity contribution in [1.29, 1.82) is 0 Å². The van der Waals surface area contributed by atoms with Gasteiger partial charge in [0, 0.05) is 29.8 Å². The molecule has 1 amide bonds. The van der Waals surface area contributed by atoms with Crippen LogP contribution in [-0.2, 0) is 9.59 Å². The maximum atomic E-state index is 11.0. The van der Waals surface area contributed by atoms with Gasteiger partial charge in [-0.3, -0.25) is 9.79 Å². The van der Waals surface area contributed by atoms with Gasteiger partial charge in [0.25, 0.3) is 0 Å². The number of aryl methyl sites for hydroxylation is 1. The van der Waals surface area contributed by atoms with E-state index in [9.17, 15) is 14.4 Å². The number of aliphatic imine (C=N–C) groups is 1. The molecule has 1 aromatic carbocycles. The second-order valence-corrected chi connectivity index (χ2v) is 6.12. The van der Waals surface area contributed by atoms with Gasteiger partial charge in [0.2, 0.25) is 5.91 Å². The molecule has 1 heterocycles. The number of nitrogen functional groups attached to an aromatic ring is 1. The van der Waals surface area contributed by atoms with Gasteiger partial charge >= 0.3 is 11.6 Å². The summed E-state index contributed by atoms with van der Waals surface area (Å²) in [4.78, 5) is 36.3. The average Bonchev–Trinajstić information content (AvgIpc) is 2.63. The monoisotopic (exact) mass is 406 g/mol. The number of benzene rings is 1. The van der Waals surface area contributed by atoms with Gasteiger partial charge in [0.1, 0.15) is 11.6 Å².